The molecule has 0 atom stereocenters. The number of piperidine rings is 1. The molecule has 140 valence electrons. The van der Waals surface area contributed by atoms with E-state index in [0.29, 0.717) is 5.56 Å². The Balaban J connectivity index is 1.54. The largest absolute Gasteiger partial charge is 0.497 e. The number of benzene rings is 1. The lowest BCUT2D eigenvalue weighted by molar-refractivity contribution is 0.0952. The standard InChI is InChI=1S/C20H33N3O2/c1-22-15-11-18(12-16-22)23(2)14-6-4-5-13-21-20(24)17-7-9-19(25-3)10-8-17/h7-10,18H,4-6,11-16H2,1-3H3,(H,21,24). The Morgan fingerprint density at radius 2 is 1.88 bits per heavy atom. The minimum Gasteiger partial charge on any atom is -0.497 e. The Morgan fingerprint density at radius 3 is 2.52 bits per heavy atom. The summed E-state index contributed by atoms with van der Waals surface area (Å²) in [4.78, 5) is 17.0. The number of nitrogens with zero attached hydrogens (tertiary/aromatic N) is 2. The van der Waals surface area contributed by atoms with Gasteiger partial charge in [0.25, 0.3) is 5.91 Å². The molecule has 1 heterocycles. The second kappa shape index (κ2) is 10.4. The van der Waals surface area contributed by atoms with Gasteiger partial charge < -0.3 is 19.9 Å². The normalized spacial score (nSPS) is 16.2. The van der Waals surface area contributed by atoms with Crippen LogP contribution in [-0.4, -0.2) is 69.1 Å². The summed E-state index contributed by atoms with van der Waals surface area (Å²) >= 11 is 0. The molecule has 1 aromatic rings. The van der Waals surface area contributed by atoms with Crippen LogP contribution >= 0.6 is 0 Å². The van der Waals surface area contributed by atoms with Crippen LogP contribution in [0.1, 0.15) is 42.5 Å². The summed E-state index contributed by atoms with van der Waals surface area (Å²) < 4.78 is 5.10. The van der Waals surface area contributed by atoms with Crippen molar-refractivity contribution in [2.24, 2.45) is 0 Å². The van der Waals surface area contributed by atoms with Gasteiger partial charge in [-0.05, 0) is 83.7 Å². The van der Waals surface area contributed by atoms with Gasteiger partial charge in [0.1, 0.15) is 5.75 Å². The topological polar surface area (TPSA) is 44.8 Å². The number of carbonyl (C=O) groups excluding carboxylic acids is 1. The van der Waals surface area contributed by atoms with Crippen molar-refractivity contribution in [2.45, 2.75) is 38.1 Å². The van der Waals surface area contributed by atoms with E-state index in [1.807, 2.05) is 12.1 Å². The fourth-order valence-corrected chi connectivity index (χ4v) is 3.33. The first-order valence-corrected chi connectivity index (χ1v) is 9.41. The maximum atomic E-state index is 12.1. The summed E-state index contributed by atoms with van der Waals surface area (Å²) in [6, 6.07) is 7.96. The van der Waals surface area contributed by atoms with E-state index in [9.17, 15) is 4.79 Å². The van der Waals surface area contributed by atoms with Gasteiger partial charge in [-0.3, -0.25) is 4.79 Å². The summed E-state index contributed by atoms with van der Waals surface area (Å²) in [6.45, 7) is 4.32. The van der Waals surface area contributed by atoms with Crippen molar-refractivity contribution in [1.29, 1.82) is 0 Å². The van der Waals surface area contributed by atoms with Gasteiger partial charge in [0.05, 0.1) is 7.11 Å². The lowest BCUT2D eigenvalue weighted by atomic mass is 10.0. The molecule has 5 heteroatoms. The van der Waals surface area contributed by atoms with Gasteiger partial charge in [0.2, 0.25) is 0 Å². The molecule has 1 N–H and O–H groups in total. The Labute approximate surface area is 152 Å². The van der Waals surface area contributed by atoms with Crippen LogP contribution in [0.25, 0.3) is 0 Å². The van der Waals surface area contributed by atoms with Crippen molar-refractivity contribution in [3.05, 3.63) is 29.8 Å². The Morgan fingerprint density at radius 1 is 1.20 bits per heavy atom. The number of methoxy groups -OCH3 is 1. The third-order valence-corrected chi connectivity index (χ3v) is 5.14. The number of unbranched alkanes of at least 4 members (excludes halogenated alkanes) is 2. The molecule has 5 nitrogen and oxygen atoms in total. The molecule has 1 aliphatic heterocycles. The van der Waals surface area contributed by atoms with Crippen molar-refractivity contribution >= 4 is 5.91 Å². The number of likely N-dealkylation sites (tertiary alicyclic amines) is 1. The van der Waals surface area contributed by atoms with Crippen LogP contribution < -0.4 is 10.1 Å². The molecular weight excluding hydrogens is 314 g/mol. The van der Waals surface area contributed by atoms with Crippen LogP contribution in [0.5, 0.6) is 5.75 Å². The molecule has 0 radical (unpaired) electrons. The molecule has 1 aliphatic rings. The van der Waals surface area contributed by atoms with Crippen LogP contribution in [0.4, 0.5) is 0 Å². The van der Waals surface area contributed by atoms with E-state index < -0.39 is 0 Å². The minimum atomic E-state index is -0.00824. The van der Waals surface area contributed by atoms with Crippen LogP contribution in [-0.2, 0) is 0 Å². The highest BCUT2D eigenvalue weighted by Crippen LogP contribution is 2.15. The van der Waals surface area contributed by atoms with E-state index >= 15 is 0 Å². The predicted octanol–water partition coefficient (Wildman–Crippen LogP) is 2.62. The third kappa shape index (κ3) is 6.67. The fourth-order valence-electron chi connectivity index (χ4n) is 3.33. The van der Waals surface area contributed by atoms with Crippen molar-refractivity contribution < 1.29 is 9.53 Å². The highest BCUT2D eigenvalue weighted by Gasteiger charge is 2.19. The zero-order chi connectivity index (χ0) is 18.1. The van der Waals surface area contributed by atoms with Crippen LogP contribution in [0, 0.1) is 0 Å². The first-order valence-electron chi connectivity index (χ1n) is 9.41. The maximum Gasteiger partial charge on any atom is 0.251 e. The first kappa shape index (κ1) is 19.7. The van der Waals surface area contributed by atoms with Gasteiger partial charge in [0.15, 0.2) is 0 Å². The Bertz CT molecular complexity index is 510. The molecule has 0 spiro atoms. The van der Waals surface area contributed by atoms with Crippen molar-refractivity contribution in [3.8, 4) is 5.75 Å². The van der Waals surface area contributed by atoms with E-state index in [1.54, 1.807) is 19.2 Å². The van der Waals surface area contributed by atoms with E-state index in [-0.39, 0.29) is 5.91 Å². The van der Waals surface area contributed by atoms with Gasteiger partial charge in [-0.25, -0.2) is 0 Å². The second-order valence-corrected chi connectivity index (χ2v) is 7.06. The summed E-state index contributed by atoms with van der Waals surface area (Å²) in [6.07, 6.45) is 5.94. The number of carbonyl (C=O) groups is 1. The van der Waals surface area contributed by atoms with Crippen LogP contribution in [0.2, 0.25) is 0 Å². The lowest BCUT2D eigenvalue weighted by Crippen LogP contribution is -2.42. The molecule has 2 rings (SSSR count). The van der Waals surface area contributed by atoms with Gasteiger partial charge in [-0.15, -0.1) is 0 Å². The Hall–Kier alpha value is -1.59. The number of hydrogen-bond donors (Lipinski definition) is 1. The quantitative estimate of drug-likeness (QED) is 0.698. The summed E-state index contributed by atoms with van der Waals surface area (Å²) in [5.41, 5.74) is 0.683. The first-order chi connectivity index (χ1) is 12.1. The summed E-state index contributed by atoms with van der Waals surface area (Å²) in [5, 5.41) is 2.99. The zero-order valence-electron chi connectivity index (χ0n) is 16.0. The molecule has 0 bridgehead atoms. The molecular formula is C20H33N3O2. The van der Waals surface area contributed by atoms with Gasteiger partial charge in [0, 0.05) is 18.2 Å². The van der Waals surface area contributed by atoms with E-state index in [2.05, 4.69) is 29.2 Å². The van der Waals surface area contributed by atoms with Crippen LogP contribution in [0.15, 0.2) is 24.3 Å². The molecule has 0 unspecified atom stereocenters. The van der Waals surface area contributed by atoms with Gasteiger partial charge >= 0.3 is 0 Å². The minimum absolute atomic E-state index is 0.00824. The second-order valence-electron chi connectivity index (χ2n) is 7.06. The van der Waals surface area contributed by atoms with E-state index in [4.69, 9.17) is 4.74 Å². The predicted molar refractivity (Wildman–Crippen MR) is 102 cm³/mol. The maximum absolute atomic E-state index is 12.1. The average Bonchev–Trinajstić information content (AvgIpc) is 2.64. The smallest absolute Gasteiger partial charge is 0.251 e. The molecule has 0 saturated carbocycles. The number of rotatable bonds is 9. The number of hydrogen-bond acceptors (Lipinski definition) is 4. The third-order valence-electron chi connectivity index (χ3n) is 5.14. The fraction of sp³-hybridized carbons (Fsp3) is 0.650. The molecule has 25 heavy (non-hydrogen) atoms. The van der Waals surface area contributed by atoms with E-state index in [1.165, 1.54) is 32.4 Å². The Kier molecular flexibility index (Phi) is 8.22. The molecule has 1 saturated heterocycles. The highest BCUT2D eigenvalue weighted by atomic mass is 16.5. The molecule has 1 amide bonds. The molecule has 1 aromatic carbocycles. The van der Waals surface area contributed by atoms with Crippen molar-refractivity contribution in [3.63, 3.8) is 0 Å². The monoisotopic (exact) mass is 347 g/mol. The highest BCUT2D eigenvalue weighted by molar-refractivity contribution is 5.94. The van der Waals surface area contributed by atoms with Gasteiger partial charge in [-0.2, -0.15) is 0 Å². The zero-order valence-corrected chi connectivity index (χ0v) is 16.0. The van der Waals surface area contributed by atoms with Crippen molar-refractivity contribution in [2.75, 3.05) is 47.4 Å². The lowest BCUT2D eigenvalue weighted by Gasteiger charge is -2.35. The van der Waals surface area contributed by atoms with Crippen molar-refractivity contribution in [1.82, 2.24) is 15.1 Å². The number of ether oxygens (including phenoxy) is 1. The average molecular weight is 348 g/mol. The molecule has 1 fully saturated rings. The van der Waals surface area contributed by atoms with E-state index in [0.717, 1.165) is 37.7 Å². The molecule has 0 aliphatic carbocycles. The number of nitrogens with one attached hydrogen (secondary N) is 1. The number of amides is 1. The summed E-state index contributed by atoms with van der Waals surface area (Å²) in [5.74, 6) is 0.761. The van der Waals surface area contributed by atoms with Crippen LogP contribution in [0.3, 0.4) is 0 Å². The summed E-state index contributed by atoms with van der Waals surface area (Å²) in [7, 11) is 6.08. The molecule has 0 aromatic heterocycles. The van der Waals surface area contributed by atoms with Gasteiger partial charge in [-0.1, -0.05) is 6.42 Å². The SMILES string of the molecule is COc1ccc(C(=O)NCCCCCN(C)C2CCN(C)CC2)cc1.